The maximum Gasteiger partial charge on any atom is 0.269 e. The van der Waals surface area contributed by atoms with E-state index < -0.39 is 4.92 Å². The Bertz CT molecular complexity index is 1090. The SMILES string of the molecule is CC(C=CC1=C(C)CCCC1(C)C)=CC=CC1=CC=C(C=O)C(c2ccc([N+](=O)[O-])cc2)C1. The molecule has 1 atom stereocenters. The van der Waals surface area contributed by atoms with E-state index in [0.29, 0.717) is 12.0 Å². The Morgan fingerprint density at radius 2 is 1.88 bits per heavy atom. The molecule has 0 heterocycles. The first-order chi connectivity index (χ1) is 15.7. The Labute approximate surface area is 196 Å². The third kappa shape index (κ3) is 6.16. The van der Waals surface area contributed by atoms with Gasteiger partial charge in [-0.15, -0.1) is 0 Å². The summed E-state index contributed by atoms with van der Waals surface area (Å²) in [5.41, 5.74) is 7.13. The molecule has 1 aromatic rings. The van der Waals surface area contributed by atoms with Gasteiger partial charge in [-0.2, -0.15) is 0 Å². The van der Waals surface area contributed by atoms with Crippen LogP contribution in [0.3, 0.4) is 0 Å². The highest BCUT2D eigenvalue weighted by atomic mass is 16.6. The van der Waals surface area contributed by atoms with Crippen molar-refractivity contribution >= 4 is 12.0 Å². The normalized spacial score (nSPS) is 21.3. The minimum absolute atomic E-state index is 0.0538. The van der Waals surface area contributed by atoms with Crippen LogP contribution in [0.1, 0.15) is 64.9 Å². The van der Waals surface area contributed by atoms with Gasteiger partial charge in [-0.3, -0.25) is 14.9 Å². The average Bonchev–Trinajstić information content (AvgIpc) is 2.78. The Balaban J connectivity index is 1.71. The molecule has 0 bridgehead atoms. The van der Waals surface area contributed by atoms with Crippen LogP contribution in [0, 0.1) is 15.5 Å². The number of nitro benzene ring substituents is 1. The Kier molecular flexibility index (Phi) is 7.80. The van der Waals surface area contributed by atoms with Crippen molar-refractivity contribution in [2.45, 2.75) is 59.3 Å². The van der Waals surface area contributed by atoms with Gasteiger partial charge in [-0.25, -0.2) is 0 Å². The molecule has 2 aliphatic rings. The number of carbonyl (C=O) groups excluding carboxylic acids is 1. The molecular weight excluding hydrogens is 410 g/mol. The summed E-state index contributed by atoms with van der Waals surface area (Å²) in [6, 6.07) is 6.47. The van der Waals surface area contributed by atoms with Crippen molar-refractivity contribution in [1.82, 2.24) is 0 Å². The molecule has 0 amide bonds. The van der Waals surface area contributed by atoms with Crippen LogP contribution in [0.25, 0.3) is 0 Å². The van der Waals surface area contributed by atoms with E-state index in [9.17, 15) is 14.9 Å². The molecule has 1 aromatic carbocycles. The second-order valence-electron chi connectivity index (χ2n) is 9.67. The maximum atomic E-state index is 11.6. The molecule has 0 aliphatic heterocycles. The summed E-state index contributed by atoms with van der Waals surface area (Å²) >= 11 is 0. The van der Waals surface area contributed by atoms with E-state index in [2.05, 4.69) is 52.0 Å². The molecule has 0 aromatic heterocycles. The molecule has 2 aliphatic carbocycles. The molecule has 0 N–H and O–H groups in total. The predicted molar refractivity (Wildman–Crippen MR) is 135 cm³/mol. The number of nitro groups is 1. The smallest absolute Gasteiger partial charge is 0.269 e. The van der Waals surface area contributed by atoms with E-state index >= 15 is 0 Å². The summed E-state index contributed by atoms with van der Waals surface area (Å²) in [5.74, 6) is -0.0960. The number of allylic oxidation sites excluding steroid dienone is 12. The molecule has 172 valence electrons. The molecule has 3 rings (SSSR count). The molecule has 4 heteroatoms. The Morgan fingerprint density at radius 1 is 1.15 bits per heavy atom. The van der Waals surface area contributed by atoms with Gasteiger partial charge in [-0.05, 0) is 67.2 Å². The standard InChI is InChI=1S/C29H33NO3/c1-21(10-17-28-22(2)8-6-18-29(28,3)4)7-5-9-23-11-12-25(20-31)27(19-23)24-13-15-26(16-14-24)30(32)33/h5,7,9-17,20,27H,6,8,18-19H2,1-4H3. The van der Waals surface area contributed by atoms with Gasteiger partial charge in [0.05, 0.1) is 4.92 Å². The van der Waals surface area contributed by atoms with Crippen LogP contribution in [0.2, 0.25) is 0 Å². The van der Waals surface area contributed by atoms with Crippen LogP contribution >= 0.6 is 0 Å². The first-order valence-electron chi connectivity index (χ1n) is 11.5. The van der Waals surface area contributed by atoms with Gasteiger partial charge >= 0.3 is 0 Å². The maximum absolute atomic E-state index is 11.6. The van der Waals surface area contributed by atoms with Crippen molar-refractivity contribution in [1.29, 1.82) is 0 Å². The van der Waals surface area contributed by atoms with E-state index in [-0.39, 0.29) is 17.0 Å². The topological polar surface area (TPSA) is 60.2 Å². The van der Waals surface area contributed by atoms with Gasteiger partial charge < -0.3 is 0 Å². The highest BCUT2D eigenvalue weighted by molar-refractivity contribution is 5.77. The lowest BCUT2D eigenvalue weighted by atomic mass is 9.72. The van der Waals surface area contributed by atoms with Crippen LogP contribution in [-0.4, -0.2) is 11.2 Å². The van der Waals surface area contributed by atoms with Crippen LogP contribution in [-0.2, 0) is 4.79 Å². The monoisotopic (exact) mass is 443 g/mol. The van der Waals surface area contributed by atoms with Crippen molar-refractivity contribution < 1.29 is 9.72 Å². The number of non-ortho nitro benzene ring substituents is 1. The number of carbonyl (C=O) groups is 1. The fourth-order valence-electron chi connectivity index (χ4n) is 4.73. The van der Waals surface area contributed by atoms with Gasteiger partial charge in [-0.1, -0.05) is 79.7 Å². The summed E-state index contributed by atoms with van der Waals surface area (Å²) in [7, 11) is 0. The largest absolute Gasteiger partial charge is 0.298 e. The van der Waals surface area contributed by atoms with Crippen molar-refractivity contribution in [3.8, 4) is 0 Å². The Morgan fingerprint density at radius 3 is 2.52 bits per heavy atom. The Hall–Kier alpha value is -3.27. The fraction of sp³-hybridized carbons (Fsp3) is 0.345. The van der Waals surface area contributed by atoms with E-state index in [1.165, 1.54) is 48.1 Å². The van der Waals surface area contributed by atoms with Gasteiger partial charge in [0.1, 0.15) is 6.29 Å². The molecule has 4 nitrogen and oxygen atoms in total. The third-order valence-corrected chi connectivity index (χ3v) is 6.70. The number of nitrogens with zero attached hydrogens (tertiary/aromatic N) is 1. The minimum Gasteiger partial charge on any atom is -0.298 e. The minimum atomic E-state index is -0.411. The van der Waals surface area contributed by atoms with E-state index in [1.54, 1.807) is 12.1 Å². The van der Waals surface area contributed by atoms with Gasteiger partial charge in [0, 0.05) is 18.1 Å². The summed E-state index contributed by atoms with van der Waals surface area (Å²) in [4.78, 5) is 22.1. The molecular formula is C29H33NO3. The first-order valence-corrected chi connectivity index (χ1v) is 11.5. The van der Waals surface area contributed by atoms with Crippen LogP contribution in [0.4, 0.5) is 5.69 Å². The van der Waals surface area contributed by atoms with Crippen LogP contribution < -0.4 is 0 Å². The van der Waals surface area contributed by atoms with Gasteiger partial charge in [0.25, 0.3) is 5.69 Å². The van der Waals surface area contributed by atoms with Crippen LogP contribution in [0.15, 0.2) is 94.7 Å². The second-order valence-corrected chi connectivity index (χ2v) is 9.67. The van der Waals surface area contributed by atoms with E-state index in [0.717, 1.165) is 17.4 Å². The third-order valence-electron chi connectivity index (χ3n) is 6.70. The summed E-state index contributed by atoms with van der Waals surface area (Å²) < 4.78 is 0. The summed E-state index contributed by atoms with van der Waals surface area (Å²) in [5, 5.41) is 10.9. The lowest BCUT2D eigenvalue weighted by Gasteiger charge is -2.32. The fourth-order valence-corrected chi connectivity index (χ4v) is 4.73. The quantitative estimate of drug-likeness (QED) is 0.188. The number of benzene rings is 1. The highest BCUT2D eigenvalue weighted by Crippen LogP contribution is 2.41. The lowest BCUT2D eigenvalue weighted by molar-refractivity contribution is -0.384. The highest BCUT2D eigenvalue weighted by Gasteiger charge is 2.26. The van der Waals surface area contributed by atoms with Crippen LogP contribution in [0.5, 0.6) is 0 Å². The zero-order valence-corrected chi connectivity index (χ0v) is 20.0. The summed E-state index contributed by atoms with van der Waals surface area (Å²) in [6.07, 6.45) is 19.7. The average molecular weight is 444 g/mol. The zero-order valence-electron chi connectivity index (χ0n) is 20.0. The molecule has 33 heavy (non-hydrogen) atoms. The number of hydrogen-bond donors (Lipinski definition) is 0. The molecule has 0 fully saturated rings. The van der Waals surface area contributed by atoms with E-state index in [4.69, 9.17) is 0 Å². The van der Waals surface area contributed by atoms with Gasteiger partial charge in [0.15, 0.2) is 0 Å². The van der Waals surface area contributed by atoms with Crippen molar-refractivity contribution in [2.75, 3.05) is 0 Å². The zero-order chi connectivity index (χ0) is 24.0. The van der Waals surface area contributed by atoms with Crippen molar-refractivity contribution in [3.05, 3.63) is 110 Å². The molecule has 0 saturated carbocycles. The second kappa shape index (κ2) is 10.6. The van der Waals surface area contributed by atoms with E-state index in [1.807, 2.05) is 18.2 Å². The summed E-state index contributed by atoms with van der Waals surface area (Å²) in [6.45, 7) is 9.00. The number of rotatable bonds is 7. The lowest BCUT2D eigenvalue weighted by Crippen LogP contribution is -2.19. The van der Waals surface area contributed by atoms with Gasteiger partial charge in [0.2, 0.25) is 0 Å². The molecule has 0 saturated heterocycles. The molecule has 1 unspecified atom stereocenters. The first kappa shape index (κ1) is 24.4. The molecule has 0 radical (unpaired) electrons. The molecule has 0 spiro atoms. The van der Waals surface area contributed by atoms with Crippen molar-refractivity contribution in [3.63, 3.8) is 0 Å². The number of aldehydes is 1. The number of hydrogen-bond acceptors (Lipinski definition) is 3. The predicted octanol–water partition coefficient (Wildman–Crippen LogP) is 7.72. The van der Waals surface area contributed by atoms with Crippen molar-refractivity contribution in [2.24, 2.45) is 5.41 Å².